The van der Waals surface area contributed by atoms with E-state index in [1.807, 2.05) is 11.6 Å². The highest BCUT2D eigenvalue weighted by Crippen LogP contribution is 2.03. The van der Waals surface area contributed by atoms with Crippen LogP contribution in [0.4, 0.5) is 0 Å². The van der Waals surface area contributed by atoms with Gasteiger partial charge in [-0.25, -0.2) is 4.79 Å². The molecule has 0 fully saturated rings. The van der Waals surface area contributed by atoms with E-state index in [1.54, 1.807) is 0 Å². The summed E-state index contributed by atoms with van der Waals surface area (Å²) in [5.74, 6) is -4.65. The minimum Gasteiger partial charge on any atom is -0.481 e. The number of thioether (sulfide) groups is 1. The maximum Gasteiger partial charge on any atom is 0.326 e. The highest BCUT2D eigenvalue weighted by atomic mass is 32.2. The van der Waals surface area contributed by atoms with Crippen molar-refractivity contribution in [1.29, 1.82) is 0 Å². The van der Waals surface area contributed by atoms with Gasteiger partial charge in [-0.1, -0.05) is 0 Å². The Morgan fingerprint density at radius 2 is 1.58 bits per heavy atom. The third kappa shape index (κ3) is 9.84. The minimum atomic E-state index is -1.68. The van der Waals surface area contributed by atoms with Gasteiger partial charge in [0.05, 0.1) is 12.5 Å². The normalized spacial score (nSPS) is 13.9. The zero-order valence-corrected chi connectivity index (χ0v) is 15.1. The van der Waals surface area contributed by atoms with Crippen molar-refractivity contribution in [1.82, 2.24) is 10.6 Å². The zero-order chi connectivity index (χ0) is 20.3. The summed E-state index contributed by atoms with van der Waals surface area (Å²) in [5, 5.41) is 22.0. The fraction of sp³-hybridized carbons (Fsp3) is 0.643. The monoisotopic (exact) mass is 392 g/mol. The Morgan fingerprint density at radius 1 is 1.00 bits per heavy atom. The lowest BCUT2D eigenvalue weighted by molar-refractivity contribution is -0.147. The Hall–Kier alpha value is -2.34. The summed E-state index contributed by atoms with van der Waals surface area (Å²) in [4.78, 5) is 57.0. The quantitative estimate of drug-likeness (QED) is 0.202. The average Bonchev–Trinajstić information content (AvgIpc) is 2.54. The third-order valence-electron chi connectivity index (χ3n) is 3.28. The van der Waals surface area contributed by atoms with Crippen LogP contribution in [0.15, 0.2) is 0 Å². The molecular weight excluding hydrogens is 368 g/mol. The lowest BCUT2D eigenvalue weighted by atomic mass is 10.1. The number of nitrogens with one attached hydrogen (secondary N) is 2. The van der Waals surface area contributed by atoms with Crippen molar-refractivity contribution in [2.45, 2.75) is 43.8 Å². The maximum absolute atomic E-state index is 12.2. The minimum absolute atomic E-state index is 0.179. The van der Waals surface area contributed by atoms with Crippen LogP contribution in [0.5, 0.6) is 0 Å². The highest BCUT2D eigenvalue weighted by Gasteiger charge is 2.29. The summed E-state index contributed by atoms with van der Waals surface area (Å²) < 4.78 is 0. The molecule has 0 rings (SSSR count). The van der Waals surface area contributed by atoms with Crippen LogP contribution in [0.3, 0.4) is 0 Å². The van der Waals surface area contributed by atoms with E-state index < -0.39 is 54.2 Å². The van der Waals surface area contributed by atoms with Crippen LogP contribution in [-0.2, 0) is 24.0 Å². The van der Waals surface area contributed by atoms with Crippen LogP contribution in [0.2, 0.25) is 0 Å². The SMILES string of the molecule is CSCCC(N)C(=O)NC(CCC(N)=O)C(=O)NC(CC(=O)O)C(=O)O. The van der Waals surface area contributed by atoms with Crippen LogP contribution >= 0.6 is 11.8 Å². The predicted molar refractivity (Wildman–Crippen MR) is 93.2 cm³/mol. The first-order valence-electron chi connectivity index (χ1n) is 7.66. The molecule has 0 spiro atoms. The number of aliphatic carboxylic acids is 2. The maximum atomic E-state index is 12.2. The van der Waals surface area contributed by atoms with Gasteiger partial charge in [0.2, 0.25) is 17.7 Å². The summed E-state index contributed by atoms with van der Waals surface area (Å²) in [5.41, 5.74) is 10.7. The number of hydrogen-bond acceptors (Lipinski definition) is 7. The largest absolute Gasteiger partial charge is 0.481 e. The molecule has 0 aliphatic heterocycles. The second kappa shape index (κ2) is 12.1. The molecule has 3 amide bonds. The van der Waals surface area contributed by atoms with Crippen molar-refractivity contribution in [2.24, 2.45) is 11.5 Å². The molecule has 3 unspecified atom stereocenters. The number of carbonyl (C=O) groups is 5. The first kappa shape index (κ1) is 23.7. The van der Waals surface area contributed by atoms with Crippen molar-refractivity contribution in [3.05, 3.63) is 0 Å². The molecule has 0 aromatic rings. The van der Waals surface area contributed by atoms with Crippen LogP contribution in [0, 0.1) is 0 Å². The Bertz CT molecular complexity index is 543. The number of carbonyl (C=O) groups excluding carboxylic acids is 3. The van der Waals surface area contributed by atoms with E-state index in [0.29, 0.717) is 12.2 Å². The molecule has 8 N–H and O–H groups in total. The van der Waals surface area contributed by atoms with Gasteiger partial charge in [-0.15, -0.1) is 0 Å². The fourth-order valence-electron chi connectivity index (χ4n) is 1.86. The van der Waals surface area contributed by atoms with Gasteiger partial charge in [-0.2, -0.15) is 11.8 Å². The number of amides is 3. The Labute approximate surface area is 154 Å². The molecule has 26 heavy (non-hydrogen) atoms. The number of hydrogen-bond donors (Lipinski definition) is 6. The van der Waals surface area contributed by atoms with Crippen LogP contribution < -0.4 is 22.1 Å². The molecular formula is C14H24N4O7S. The van der Waals surface area contributed by atoms with Crippen molar-refractivity contribution < 1.29 is 34.2 Å². The van der Waals surface area contributed by atoms with Gasteiger partial charge in [0.25, 0.3) is 0 Å². The van der Waals surface area contributed by atoms with Gasteiger partial charge < -0.3 is 32.3 Å². The summed E-state index contributed by atoms with van der Waals surface area (Å²) in [6, 6.07) is -3.84. The molecule has 0 saturated heterocycles. The predicted octanol–water partition coefficient (Wildman–Crippen LogP) is -2.14. The van der Waals surface area contributed by atoms with Crippen molar-refractivity contribution in [3.63, 3.8) is 0 Å². The number of nitrogens with two attached hydrogens (primary N) is 2. The van der Waals surface area contributed by atoms with Crippen molar-refractivity contribution >= 4 is 41.4 Å². The van der Waals surface area contributed by atoms with Gasteiger partial charge in [0.1, 0.15) is 12.1 Å². The summed E-state index contributed by atoms with van der Waals surface area (Å²) >= 11 is 1.48. The molecule has 11 nitrogen and oxygen atoms in total. The van der Waals surface area contributed by atoms with E-state index in [4.69, 9.17) is 21.7 Å². The lowest BCUT2D eigenvalue weighted by Gasteiger charge is -2.22. The smallest absolute Gasteiger partial charge is 0.326 e. The van der Waals surface area contributed by atoms with Gasteiger partial charge in [-0.3, -0.25) is 19.2 Å². The average molecular weight is 392 g/mol. The van der Waals surface area contributed by atoms with Crippen LogP contribution in [0.25, 0.3) is 0 Å². The van der Waals surface area contributed by atoms with E-state index in [9.17, 15) is 24.0 Å². The number of carboxylic acids is 2. The van der Waals surface area contributed by atoms with Crippen LogP contribution in [0.1, 0.15) is 25.7 Å². The standard InChI is InChI=1S/C14H24N4O7S/c1-26-5-4-7(15)12(22)17-8(2-3-10(16)19)13(23)18-9(14(24)25)6-11(20)21/h7-9H,2-6,15H2,1H3,(H2,16,19)(H,17,22)(H,18,23)(H,20,21)(H,24,25). The van der Waals surface area contributed by atoms with Gasteiger partial charge in [-0.05, 0) is 24.9 Å². The summed E-state index contributed by atoms with van der Waals surface area (Å²) in [6.45, 7) is 0. The second-order valence-corrected chi connectivity index (χ2v) is 6.44. The lowest BCUT2D eigenvalue weighted by Crippen LogP contribution is -2.55. The molecule has 0 aromatic carbocycles. The van der Waals surface area contributed by atoms with Gasteiger partial charge in [0.15, 0.2) is 0 Å². The molecule has 0 saturated carbocycles. The van der Waals surface area contributed by atoms with Gasteiger partial charge in [0, 0.05) is 6.42 Å². The first-order chi connectivity index (χ1) is 12.1. The van der Waals surface area contributed by atoms with E-state index in [0.717, 1.165) is 0 Å². The molecule has 0 aromatic heterocycles. The highest BCUT2D eigenvalue weighted by molar-refractivity contribution is 7.98. The van der Waals surface area contributed by atoms with Crippen molar-refractivity contribution in [2.75, 3.05) is 12.0 Å². The first-order valence-corrected chi connectivity index (χ1v) is 9.06. The van der Waals surface area contributed by atoms with Crippen molar-refractivity contribution in [3.8, 4) is 0 Å². The van der Waals surface area contributed by atoms with E-state index >= 15 is 0 Å². The number of primary amides is 1. The molecule has 0 aliphatic carbocycles. The number of rotatable bonds is 13. The Morgan fingerprint density at radius 3 is 2.04 bits per heavy atom. The van der Waals surface area contributed by atoms with E-state index in [-0.39, 0.29) is 12.8 Å². The molecule has 0 heterocycles. The molecule has 148 valence electrons. The van der Waals surface area contributed by atoms with E-state index in [1.165, 1.54) is 11.8 Å². The van der Waals surface area contributed by atoms with E-state index in [2.05, 4.69) is 5.32 Å². The molecule has 0 radical (unpaired) electrons. The summed E-state index contributed by atoms with van der Waals surface area (Å²) in [6.07, 6.45) is 0.928. The molecule has 12 heteroatoms. The topological polar surface area (TPSA) is 202 Å². The summed E-state index contributed by atoms with van der Waals surface area (Å²) in [7, 11) is 0. The number of carboxylic acid groups (broad SMARTS) is 2. The fourth-order valence-corrected chi connectivity index (χ4v) is 2.35. The zero-order valence-electron chi connectivity index (χ0n) is 14.3. The van der Waals surface area contributed by atoms with Gasteiger partial charge >= 0.3 is 11.9 Å². The molecule has 3 atom stereocenters. The Kier molecular flexibility index (Phi) is 11.0. The molecule has 0 aliphatic rings. The third-order valence-corrected chi connectivity index (χ3v) is 3.92. The second-order valence-electron chi connectivity index (χ2n) is 5.45. The van der Waals surface area contributed by atoms with Crippen LogP contribution in [-0.4, -0.2) is 70.0 Å². The Balaban J connectivity index is 5.05. The molecule has 0 bridgehead atoms.